The summed E-state index contributed by atoms with van der Waals surface area (Å²) in [6, 6.07) is 7.01. The van der Waals surface area contributed by atoms with Crippen molar-refractivity contribution in [1.82, 2.24) is 25.2 Å². The lowest BCUT2D eigenvalue weighted by Gasteiger charge is -2.14. The van der Waals surface area contributed by atoms with Gasteiger partial charge >= 0.3 is 6.43 Å². The molecule has 1 amide bonds. The molecule has 7 nitrogen and oxygen atoms in total. The molecule has 4 rings (SSSR count). The molecule has 1 aromatic carbocycles. The van der Waals surface area contributed by atoms with E-state index in [9.17, 15) is 13.6 Å². The Morgan fingerprint density at radius 3 is 2.92 bits per heavy atom. The second-order valence-electron chi connectivity index (χ2n) is 6.08. The fourth-order valence-corrected chi connectivity index (χ4v) is 3.18. The zero-order valence-electron chi connectivity index (χ0n) is 13.8. The van der Waals surface area contributed by atoms with Gasteiger partial charge in [0.1, 0.15) is 5.69 Å². The van der Waals surface area contributed by atoms with Crippen LogP contribution in [0.4, 0.5) is 8.78 Å². The lowest BCUT2D eigenvalue weighted by Crippen LogP contribution is -2.28. The molecule has 0 fully saturated rings. The number of carbonyl (C=O) groups excluding carboxylic acids is 1. The molecule has 0 saturated carbocycles. The number of fused-ring (bicyclic) bond motifs is 1. The summed E-state index contributed by atoms with van der Waals surface area (Å²) in [6.45, 7) is 0. The summed E-state index contributed by atoms with van der Waals surface area (Å²) >= 11 is 0. The monoisotopic (exact) mass is 359 g/mol. The van der Waals surface area contributed by atoms with Crippen LogP contribution in [0.25, 0.3) is 11.4 Å². The van der Waals surface area contributed by atoms with E-state index in [2.05, 4.69) is 25.1 Å². The second-order valence-corrected chi connectivity index (χ2v) is 6.08. The third-order valence-corrected chi connectivity index (χ3v) is 4.47. The van der Waals surface area contributed by atoms with Crippen LogP contribution in [0.3, 0.4) is 0 Å². The van der Waals surface area contributed by atoms with Gasteiger partial charge < -0.3 is 9.84 Å². The van der Waals surface area contributed by atoms with Gasteiger partial charge in [0, 0.05) is 18.8 Å². The molecular formula is C17H15F2N5O2. The Hall–Kier alpha value is -3.10. The number of carbonyl (C=O) groups is 1. The molecule has 26 heavy (non-hydrogen) atoms. The largest absolute Gasteiger partial charge is 0.344 e. The third-order valence-electron chi connectivity index (χ3n) is 4.47. The summed E-state index contributed by atoms with van der Waals surface area (Å²) in [4.78, 5) is 16.1. The highest BCUT2D eigenvalue weighted by atomic mass is 19.3. The van der Waals surface area contributed by atoms with E-state index in [-0.39, 0.29) is 17.8 Å². The Bertz CT molecular complexity index is 966. The lowest BCUT2D eigenvalue weighted by atomic mass is 10.0. The van der Waals surface area contributed by atoms with Crippen LogP contribution >= 0.6 is 0 Å². The quantitative estimate of drug-likeness (QED) is 0.774. The number of nitrogens with one attached hydrogen (secondary N) is 1. The van der Waals surface area contributed by atoms with E-state index in [1.54, 1.807) is 25.4 Å². The lowest BCUT2D eigenvalue weighted by molar-refractivity contribution is 0.0927. The van der Waals surface area contributed by atoms with Gasteiger partial charge in [0.05, 0.1) is 6.04 Å². The molecule has 0 saturated heterocycles. The molecule has 1 atom stereocenters. The molecule has 9 heteroatoms. The van der Waals surface area contributed by atoms with Gasteiger partial charge in [-0.2, -0.15) is 18.9 Å². The van der Waals surface area contributed by atoms with Crippen molar-refractivity contribution in [3.8, 4) is 11.4 Å². The molecule has 2 aromatic heterocycles. The molecule has 1 aliphatic carbocycles. The molecule has 0 bridgehead atoms. The van der Waals surface area contributed by atoms with Crippen LogP contribution in [-0.4, -0.2) is 25.8 Å². The van der Waals surface area contributed by atoms with Crippen LogP contribution < -0.4 is 5.32 Å². The Kier molecular flexibility index (Phi) is 3.98. The fourth-order valence-electron chi connectivity index (χ4n) is 3.18. The summed E-state index contributed by atoms with van der Waals surface area (Å²) < 4.78 is 31.3. The molecule has 0 unspecified atom stereocenters. The number of benzene rings is 1. The van der Waals surface area contributed by atoms with E-state index < -0.39 is 12.3 Å². The normalized spacial score (nSPS) is 16.1. The van der Waals surface area contributed by atoms with Crippen molar-refractivity contribution in [2.75, 3.05) is 0 Å². The van der Waals surface area contributed by atoms with Crippen LogP contribution in [0.1, 0.15) is 46.4 Å². The number of amides is 1. The summed E-state index contributed by atoms with van der Waals surface area (Å²) in [5, 5.41) is 10.6. The average molecular weight is 359 g/mol. The number of alkyl halides is 2. The molecule has 3 aromatic rings. The number of aryl methyl sites for hydroxylation is 2. The average Bonchev–Trinajstić information content (AvgIpc) is 3.34. The SMILES string of the molecule is Cn1nccc1C(=O)N[C@@H]1CCc2cc(-c3noc(C(F)F)n3)ccc21. The molecule has 0 radical (unpaired) electrons. The molecule has 1 N–H and O–H groups in total. The topological polar surface area (TPSA) is 85.8 Å². The highest BCUT2D eigenvalue weighted by Gasteiger charge is 2.26. The molecular weight excluding hydrogens is 344 g/mol. The summed E-state index contributed by atoms with van der Waals surface area (Å²) in [7, 11) is 1.71. The zero-order valence-corrected chi connectivity index (χ0v) is 13.8. The van der Waals surface area contributed by atoms with Gasteiger partial charge in [0.2, 0.25) is 5.82 Å². The molecule has 2 heterocycles. The van der Waals surface area contributed by atoms with Gasteiger partial charge in [-0.25, -0.2) is 0 Å². The van der Waals surface area contributed by atoms with E-state index in [0.29, 0.717) is 11.3 Å². The Balaban J connectivity index is 1.54. The first-order valence-electron chi connectivity index (χ1n) is 8.06. The predicted octanol–water partition coefficient (Wildman–Crippen LogP) is 2.83. The van der Waals surface area contributed by atoms with E-state index in [0.717, 1.165) is 24.0 Å². The van der Waals surface area contributed by atoms with Crippen molar-refractivity contribution >= 4 is 5.91 Å². The zero-order chi connectivity index (χ0) is 18.3. The predicted molar refractivity (Wildman–Crippen MR) is 86.4 cm³/mol. The maximum absolute atomic E-state index is 12.6. The maximum Gasteiger partial charge on any atom is 0.315 e. The molecule has 1 aliphatic rings. The van der Waals surface area contributed by atoms with Gasteiger partial charge in [-0.05, 0) is 36.1 Å². The highest BCUT2D eigenvalue weighted by Crippen LogP contribution is 2.34. The first-order chi connectivity index (χ1) is 12.5. The van der Waals surface area contributed by atoms with E-state index >= 15 is 0 Å². The van der Waals surface area contributed by atoms with Crippen LogP contribution in [0.5, 0.6) is 0 Å². The smallest absolute Gasteiger partial charge is 0.315 e. The molecule has 134 valence electrons. The van der Waals surface area contributed by atoms with Gasteiger partial charge in [-0.3, -0.25) is 9.48 Å². The Morgan fingerprint density at radius 2 is 2.23 bits per heavy atom. The van der Waals surface area contributed by atoms with Gasteiger partial charge in [0.15, 0.2) is 0 Å². The van der Waals surface area contributed by atoms with Crippen molar-refractivity contribution in [2.24, 2.45) is 7.05 Å². The summed E-state index contributed by atoms with van der Waals surface area (Å²) in [6.07, 6.45) is 0.301. The maximum atomic E-state index is 12.6. The Labute approximate surface area is 147 Å². The summed E-state index contributed by atoms with van der Waals surface area (Å²) in [5.41, 5.74) is 3.13. The molecule has 0 spiro atoms. The minimum Gasteiger partial charge on any atom is -0.344 e. The standard InChI is InChI=1S/C17H15F2N5O2/c1-24-13(6-7-20-24)16(25)21-12-5-3-9-8-10(2-4-11(9)12)15-22-17(14(18)19)26-23-15/h2,4,6-8,12,14H,3,5H2,1H3,(H,21,25)/t12-/m1/s1. The van der Waals surface area contributed by atoms with Crippen LogP contribution in [0.15, 0.2) is 35.0 Å². The van der Waals surface area contributed by atoms with E-state index in [4.69, 9.17) is 0 Å². The number of hydrogen-bond acceptors (Lipinski definition) is 5. The fraction of sp³-hybridized carbons (Fsp3) is 0.294. The number of aromatic nitrogens is 4. The first kappa shape index (κ1) is 16.4. The highest BCUT2D eigenvalue weighted by molar-refractivity contribution is 5.92. The van der Waals surface area contributed by atoms with E-state index in [1.807, 2.05) is 12.1 Å². The van der Waals surface area contributed by atoms with Gasteiger partial charge in [-0.15, -0.1) is 0 Å². The first-order valence-corrected chi connectivity index (χ1v) is 8.06. The minimum absolute atomic E-state index is 0.108. The van der Waals surface area contributed by atoms with Crippen LogP contribution in [0, 0.1) is 0 Å². The number of rotatable bonds is 4. The van der Waals surface area contributed by atoms with Crippen molar-refractivity contribution in [1.29, 1.82) is 0 Å². The van der Waals surface area contributed by atoms with Crippen molar-refractivity contribution in [2.45, 2.75) is 25.3 Å². The minimum atomic E-state index is -2.79. The summed E-state index contributed by atoms with van der Waals surface area (Å²) in [5.74, 6) is -0.751. The van der Waals surface area contributed by atoms with E-state index in [1.165, 1.54) is 4.68 Å². The van der Waals surface area contributed by atoms with Crippen molar-refractivity contribution in [3.63, 3.8) is 0 Å². The number of nitrogens with zero attached hydrogens (tertiary/aromatic N) is 4. The van der Waals surface area contributed by atoms with Crippen LogP contribution in [-0.2, 0) is 13.5 Å². The van der Waals surface area contributed by atoms with Crippen molar-refractivity contribution < 1.29 is 18.1 Å². The van der Waals surface area contributed by atoms with Crippen molar-refractivity contribution in [3.05, 3.63) is 53.2 Å². The third kappa shape index (κ3) is 2.85. The Morgan fingerprint density at radius 1 is 1.38 bits per heavy atom. The second kappa shape index (κ2) is 6.32. The number of halogens is 2. The number of hydrogen-bond donors (Lipinski definition) is 1. The van der Waals surface area contributed by atoms with Gasteiger partial charge in [0.25, 0.3) is 11.8 Å². The molecule has 0 aliphatic heterocycles. The van der Waals surface area contributed by atoms with Crippen LogP contribution in [0.2, 0.25) is 0 Å². The van der Waals surface area contributed by atoms with Gasteiger partial charge in [-0.1, -0.05) is 17.3 Å².